The number of aryl methyl sites for hydroxylation is 2. The van der Waals surface area contributed by atoms with Crippen molar-refractivity contribution in [3.63, 3.8) is 0 Å². The van der Waals surface area contributed by atoms with Crippen molar-refractivity contribution in [1.82, 2.24) is 10.2 Å². The van der Waals surface area contributed by atoms with Crippen molar-refractivity contribution in [2.75, 3.05) is 10.8 Å². The first-order valence-corrected chi connectivity index (χ1v) is 17.5. The Morgan fingerprint density at radius 1 is 0.851 bits per heavy atom. The van der Waals surface area contributed by atoms with Crippen molar-refractivity contribution in [3.8, 4) is 0 Å². The molecule has 0 spiro atoms. The SMILES string of the molecule is Cc1ccc(S(=O)(=O)N(CC(=O)N(Cc2ccccc2F)C(Cc2ccccc2)C(=O)NC2CCCC2)c2cccc(C)c2C)cc1. The van der Waals surface area contributed by atoms with E-state index in [-0.39, 0.29) is 35.4 Å². The van der Waals surface area contributed by atoms with Gasteiger partial charge in [0.15, 0.2) is 0 Å². The smallest absolute Gasteiger partial charge is 0.264 e. The van der Waals surface area contributed by atoms with Crippen LogP contribution in [0, 0.1) is 26.6 Å². The number of carbonyl (C=O) groups excluding carboxylic acids is 2. The molecule has 9 heteroatoms. The van der Waals surface area contributed by atoms with E-state index in [0.29, 0.717) is 11.3 Å². The lowest BCUT2D eigenvalue weighted by atomic mass is 10.0. The maximum Gasteiger partial charge on any atom is 0.264 e. The van der Waals surface area contributed by atoms with Crippen LogP contribution in [0.15, 0.2) is 102 Å². The van der Waals surface area contributed by atoms with Gasteiger partial charge < -0.3 is 10.2 Å². The van der Waals surface area contributed by atoms with Gasteiger partial charge in [0.2, 0.25) is 11.8 Å². The molecule has 246 valence electrons. The lowest BCUT2D eigenvalue weighted by molar-refractivity contribution is -0.140. The van der Waals surface area contributed by atoms with Gasteiger partial charge in [-0.15, -0.1) is 0 Å². The molecular weight excluding hydrogens is 614 g/mol. The highest BCUT2D eigenvalue weighted by Gasteiger charge is 2.36. The molecule has 7 nitrogen and oxygen atoms in total. The van der Waals surface area contributed by atoms with Crippen LogP contribution in [0.2, 0.25) is 0 Å². The van der Waals surface area contributed by atoms with Gasteiger partial charge in [-0.25, -0.2) is 12.8 Å². The van der Waals surface area contributed by atoms with Gasteiger partial charge in [-0.2, -0.15) is 0 Å². The van der Waals surface area contributed by atoms with Crippen LogP contribution in [0.4, 0.5) is 10.1 Å². The van der Waals surface area contributed by atoms with Crippen LogP contribution in [0.5, 0.6) is 0 Å². The van der Waals surface area contributed by atoms with Crippen molar-refractivity contribution in [2.24, 2.45) is 0 Å². The van der Waals surface area contributed by atoms with Crippen LogP contribution < -0.4 is 9.62 Å². The molecule has 4 aromatic rings. The maximum absolute atomic E-state index is 15.2. The molecule has 1 N–H and O–H groups in total. The molecule has 5 rings (SSSR count). The average Bonchev–Trinajstić information content (AvgIpc) is 3.57. The maximum atomic E-state index is 15.2. The van der Waals surface area contributed by atoms with E-state index in [0.717, 1.165) is 46.7 Å². The zero-order valence-corrected chi connectivity index (χ0v) is 28.0. The molecule has 1 fully saturated rings. The summed E-state index contributed by atoms with van der Waals surface area (Å²) in [5, 5.41) is 3.14. The van der Waals surface area contributed by atoms with Gasteiger partial charge in [0.1, 0.15) is 18.4 Å². The first-order valence-electron chi connectivity index (χ1n) is 16.1. The third kappa shape index (κ3) is 8.08. The summed E-state index contributed by atoms with van der Waals surface area (Å²) in [6.07, 6.45) is 3.88. The zero-order valence-electron chi connectivity index (χ0n) is 27.2. The van der Waals surface area contributed by atoms with E-state index in [2.05, 4.69) is 5.32 Å². The Balaban J connectivity index is 1.60. The zero-order chi connectivity index (χ0) is 33.6. The molecule has 0 saturated heterocycles. The Bertz CT molecular complexity index is 1810. The minimum Gasteiger partial charge on any atom is -0.352 e. The Kier molecular flexibility index (Phi) is 10.8. The van der Waals surface area contributed by atoms with Crippen LogP contribution >= 0.6 is 0 Å². The number of hydrogen-bond donors (Lipinski definition) is 1. The molecule has 0 heterocycles. The predicted molar refractivity (Wildman–Crippen MR) is 183 cm³/mol. The van der Waals surface area contributed by atoms with Crippen molar-refractivity contribution >= 4 is 27.5 Å². The third-order valence-electron chi connectivity index (χ3n) is 9.00. The fourth-order valence-electron chi connectivity index (χ4n) is 6.09. The van der Waals surface area contributed by atoms with E-state index < -0.39 is 34.3 Å². The number of anilines is 1. The molecule has 1 atom stereocenters. The van der Waals surface area contributed by atoms with Crippen LogP contribution in [0.1, 0.15) is 53.5 Å². The first-order chi connectivity index (χ1) is 22.5. The van der Waals surface area contributed by atoms with E-state index in [9.17, 15) is 18.0 Å². The molecule has 47 heavy (non-hydrogen) atoms. The number of benzene rings is 4. The summed E-state index contributed by atoms with van der Waals surface area (Å²) in [6.45, 7) is 4.76. The molecule has 2 amide bonds. The Labute approximate surface area is 277 Å². The molecule has 1 unspecified atom stereocenters. The van der Waals surface area contributed by atoms with E-state index in [1.807, 2.05) is 57.2 Å². The van der Waals surface area contributed by atoms with Crippen molar-refractivity contribution in [2.45, 2.75) is 76.4 Å². The number of nitrogens with zero attached hydrogens (tertiary/aromatic N) is 2. The Morgan fingerprint density at radius 3 is 2.19 bits per heavy atom. The second kappa shape index (κ2) is 14.9. The van der Waals surface area contributed by atoms with E-state index in [1.165, 1.54) is 23.1 Å². The lowest BCUT2D eigenvalue weighted by Gasteiger charge is -2.35. The van der Waals surface area contributed by atoms with Crippen LogP contribution in [0.3, 0.4) is 0 Å². The first kappa shape index (κ1) is 33.9. The molecule has 1 aliphatic carbocycles. The summed E-state index contributed by atoms with van der Waals surface area (Å²) in [5.41, 5.74) is 3.87. The van der Waals surface area contributed by atoms with Gasteiger partial charge in [0, 0.05) is 24.6 Å². The summed E-state index contributed by atoms with van der Waals surface area (Å²) in [6, 6.07) is 26.2. The van der Waals surface area contributed by atoms with Crippen molar-refractivity contribution in [3.05, 3.63) is 131 Å². The molecule has 1 aliphatic rings. The van der Waals surface area contributed by atoms with Crippen LogP contribution in [-0.4, -0.2) is 43.8 Å². The third-order valence-corrected chi connectivity index (χ3v) is 10.8. The average molecular weight is 656 g/mol. The highest BCUT2D eigenvalue weighted by atomic mass is 32.2. The number of carbonyl (C=O) groups is 2. The van der Waals surface area contributed by atoms with Gasteiger partial charge in [0.25, 0.3) is 10.0 Å². The van der Waals surface area contributed by atoms with Crippen molar-refractivity contribution < 1.29 is 22.4 Å². The highest BCUT2D eigenvalue weighted by molar-refractivity contribution is 7.92. The summed E-state index contributed by atoms with van der Waals surface area (Å²) >= 11 is 0. The van der Waals surface area contributed by atoms with Gasteiger partial charge in [-0.3, -0.25) is 13.9 Å². The number of halogens is 1. The molecule has 0 aromatic heterocycles. The lowest BCUT2D eigenvalue weighted by Crippen LogP contribution is -2.54. The Morgan fingerprint density at radius 2 is 1.51 bits per heavy atom. The molecule has 0 bridgehead atoms. The van der Waals surface area contributed by atoms with Crippen LogP contribution in [0.25, 0.3) is 0 Å². The fraction of sp³-hybridized carbons (Fsp3) is 0.316. The minimum absolute atomic E-state index is 0.0143. The molecule has 1 saturated carbocycles. The van der Waals surface area contributed by atoms with Gasteiger partial charge in [-0.1, -0.05) is 91.2 Å². The van der Waals surface area contributed by atoms with E-state index in [1.54, 1.807) is 42.5 Å². The molecular formula is C38H42FN3O4S. The highest BCUT2D eigenvalue weighted by Crippen LogP contribution is 2.30. The predicted octanol–water partition coefficient (Wildman–Crippen LogP) is 6.65. The van der Waals surface area contributed by atoms with Crippen molar-refractivity contribution in [1.29, 1.82) is 0 Å². The van der Waals surface area contributed by atoms with Gasteiger partial charge in [0.05, 0.1) is 10.6 Å². The number of nitrogens with one attached hydrogen (secondary N) is 1. The summed E-state index contributed by atoms with van der Waals surface area (Å²) in [5.74, 6) is -1.48. The molecule has 0 aliphatic heterocycles. The van der Waals surface area contributed by atoms with Gasteiger partial charge in [-0.05, 0) is 74.6 Å². The monoisotopic (exact) mass is 655 g/mol. The number of hydrogen-bond acceptors (Lipinski definition) is 4. The minimum atomic E-state index is -4.23. The van der Waals surface area contributed by atoms with Crippen LogP contribution in [-0.2, 0) is 32.6 Å². The quantitative estimate of drug-likeness (QED) is 0.185. The largest absolute Gasteiger partial charge is 0.352 e. The van der Waals surface area contributed by atoms with E-state index in [4.69, 9.17) is 0 Å². The second-order valence-electron chi connectivity index (χ2n) is 12.4. The van der Waals surface area contributed by atoms with Gasteiger partial charge >= 0.3 is 0 Å². The topological polar surface area (TPSA) is 86.8 Å². The normalized spacial score (nSPS) is 14.0. The standard InChI is InChI=1S/C38H42FN3O4S/c1-27-20-22-33(23-21-27)47(45,46)42(35-19-11-12-28(2)29(35)3)26-37(43)41(25-31-15-7-10-18-34(31)39)36(24-30-13-5-4-6-14-30)38(44)40-32-16-8-9-17-32/h4-7,10-15,18-23,32,36H,8-9,16-17,24-26H2,1-3H3,(H,40,44). The summed E-state index contributed by atoms with van der Waals surface area (Å²) in [4.78, 5) is 30.1. The number of amides is 2. The Hall–Kier alpha value is -4.50. The second-order valence-corrected chi connectivity index (χ2v) is 14.2. The van der Waals surface area contributed by atoms with E-state index >= 15 is 4.39 Å². The fourth-order valence-corrected chi connectivity index (χ4v) is 7.56. The summed E-state index contributed by atoms with van der Waals surface area (Å²) in [7, 11) is -4.23. The number of rotatable bonds is 12. The number of sulfonamides is 1. The molecule has 0 radical (unpaired) electrons. The molecule has 4 aromatic carbocycles. The summed E-state index contributed by atoms with van der Waals surface area (Å²) < 4.78 is 44.9.